The molecule has 0 saturated heterocycles. The molecule has 0 bridgehead atoms. The summed E-state index contributed by atoms with van der Waals surface area (Å²) >= 11 is 0. The van der Waals surface area contributed by atoms with E-state index in [1.807, 2.05) is 0 Å². The van der Waals surface area contributed by atoms with Crippen molar-refractivity contribution in [2.24, 2.45) is 0 Å². The lowest BCUT2D eigenvalue weighted by Crippen LogP contribution is -2.03. The van der Waals surface area contributed by atoms with Gasteiger partial charge in [0, 0.05) is 16.8 Å². The Morgan fingerprint density at radius 1 is 1.04 bits per heavy atom. The third-order valence-corrected chi connectivity index (χ3v) is 4.15. The van der Waals surface area contributed by atoms with Crippen molar-refractivity contribution in [2.45, 2.75) is 19.3 Å². The fourth-order valence-corrected chi connectivity index (χ4v) is 2.64. The molecule has 0 radical (unpaired) electrons. The Bertz CT molecular complexity index is 850. The monoisotopic (exact) mass is 331 g/mol. The van der Waals surface area contributed by atoms with Gasteiger partial charge in [0.1, 0.15) is 11.6 Å². The van der Waals surface area contributed by atoms with Crippen molar-refractivity contribution in [3.05, 3.63) is 82.4 Å². The number of halogens is 3. The highest BCUT2D eigenvalue weighted by atomic mass is 19.2. The number of anilines is 1. The molecule has 3 rings (SSSR count). The summed E-state index contributed by atoms with van der Waals surface area (Å²) in [5.74, 6) is -2.56. The Morgan fingerprint density at radius 3 is 2.42 bits per heavy atom. The van der Waals surface area contributed by atoms with Crippen LogP contribution in [0.2, 0.25) is 0 Å². The van der Waals surface area contributed by atoms with Crippen LogP contribution in [0.1, 0.15) is 30.4 Å². The van der Waals surface area contributed by atoms with Crippen LogP contribution in [-0.4, -0.2) is 5.11 Å². The van der Waals surface area contributed by atoms with Gasteiger partial charge in [-0.3, -0.25) is 0 Å². The maximum Gasteiger partial charge on any atom is 0.166 e. The van der Waals surface area contributed by atoms with Crippen LogP contribution in [0.25, 0.3) is 5.57 Å². The molecule has 0 aliphatic heterocycles. The largest absolute Gasteiger partial charge is 0.508 e. The summed E-state index contributed by atoms with van der Waals surface area (Å²) in [7, 11) is 0. The van der Waals surface area contributed by atoms with Crippen LogP contribution in [-0.2, 0) is 0 Å². The Hall–Kier alpha value is -2.69. The summed E-state index contributed by atoms with van der Waals surface area (Å²) in [6.07, 6.45) is 3.88. The smallest absolute Gasteiger partial charge is 0.166 e. The first-order chi connectivity index (χ1) is 11.5. The van der Waals surface area contributed by atoms with E-state index in [0.717, 1.165) is 37.0 Å². The summed E-state index contributed by atoms with van der Waals surface area (Å²) < 4.78 is 41.2. The predicted molar refractivity (Wildman–Crippen MR) is 87.8 cm³/mol. The second-order valence-electron chi connectivity index (χ2n) is 5.73. The zero-order chi connectivity index (χ0) is 17.3. The molecule has 1 saturated carbocycles. The van der Waals surface area contributed by atoms with E-state index in [-0.39, 0.29) is 22.6 Å². The summed E-state index contributed by atoms with van der Waals surface area (Å²) in [4.78, 5) is 0. The van der Waals surface area contributed by atoms with Crippen molar-refractivity contribution >= 4 is 11.3 Å². The van der Waals surface area contributed by atoms with Gasteiger partial charge in [-0.2, -0.15) is 0 Å². The van der Waals surface area contributed by atoms with Crippen LogP contribution < -0.4 is 5.73 Å². The van der Waals surface area contributed by atoms with Gasteiger partial charge in [-0.1, -0.05) is 12.1 Å². The molecular weight excluding hydrogens is 315 g/mol. The summed E-state index contributed by atoms with van der Waals surface area (Å²) in [6.45, 7) is 0. The van der Waals surface area contributed by atoms with Gasteiger partial charge in [-0.05, 0) is 60.8 Å². The molecule has 5 heteroatoms. The normalized spacial score (nSPS) is 14.5. The quantitative estimate of drug-likeness (QED) is 0.606. The number of hydrogen-bond acceptors (Lipinski definition) is 2. The number of aliphatic hydroxyl groups is 1. The number of aliphatic hydroxyl groups excluding tert-OH is 1. The highest BCUT2D eigenvalue weighted by molar-refractivity contribution is 5.86. The van der Waals surface area contributed by atoms with Crippen LogP contribution >= 0.6 is 0 Å². The lowest BCUT2D eigenvalue weighted by Gasteiger charge is -2.18. The Kier molecular flexibility index (Phi) is 4.34. The lowest BCUT2D eigenvalue weighted by atomic mass is 9.89. The molecule has 0 spiro atoms. The third-order valence-electron chi connectivity index (χ3n) is 4.15. The minimum absolute atomic E-state index is 0.0173. The fourth-order valence-electron chi connectivity index (χ4n) is 2.64. The zero-order valence-corrected chi connectivity index (χ0v) is 12.8. The van der Waals surface area contributed by atoms with Crippen LogP contribution in [0.4, 0.5) is 18.9 Å². The summed E-state index contributed by atoms with van der Waals surface area (Å²) in [6, 6.07) is 7.45. The molecular formula is C19H16F3NO. The van der Waals surface area contributed by atoms with Crippen molar-refractivity contribution < 1.29 is 18.3 Å². The highest BCUT2D eigenvalue weighted by Gasteiger charge is 2.19. The third kappa shape index (κ3) is 3.02. The molecule has 1 aliphatic carbocycles. The van der Waals surface area contributed by atoms with Gasteiger partial charge in [-0.25, -0.2) is 13.2 Å². The maximum absolute atomic E-state index is 14.3. The summed E-state index contributed by atoms with van der Waals surface area (Å²) in [5.41, 5.74) is 7.28. The predicted octanol–water partition coefficient (Wildman–Crippen LogP) is 5.11. The average molecular weight is 331 g/mol. The molecule has 0 unspecified atom stereocenters. The van der Waals surface area contributed by atoms with E-state index in [4.69, 9.17) is 5.73 Å². The van der Waals surface area contributed by atoms with Gasteiger partial charge in [0.25, 0.3) is 0 Å². The molecule has 0 atom stereocenters. The van der Waals surface area contributed by atoms with Gasteiger partial charge in [0.2, 0.25) is 0 Å². The minimum atomic E-state index is -1.04. The van der Waals surface area contributed by atoms with Crippen molar-refractivity contribution in [2.75, 3.05) is 5.73 Å². The summed E-state index contributed by atoms with van der Waals surface area (Å²) in [5, 5.41) is 10.2. The average Bonchev–Trinajstić information content (AvgIpc) is 2.47. The van der Waals surface area contributed by atoms with E-state index in [0.29, 0.717) is 5.56 Å². The van der Waals surface area contributed by atoms with Gasteiger partial charge < -0.3 is 10.8 Å². The number of allylic oxidation sites excluding steroid dienone is 2. The number of rotatable bonds is 3. The molecule has 0 heterocycles. The Labute approximate surface area is 137 Å². The van der Waals surface area contributed by atoms with E-state index in [1.54, 1.807) is 0 Å². The second-order valence-corrected chi connectivity index (χ2v) is 5.73. The molecule has 124 valence electrons. The van der Waals surface area contributed by atoms with Crippen LogP contribution in [0.15, 0.2) is 53.8 Å². The Balaban J connectivity index is 2.21. The van der Waals surface area contributed by atoms with Crippen LogP contribution in [0, 0.1) is 17.5 Å². The van der Waals surface area contributed by atoms with Crippen molar-refractivity contribution in [3.8, 4) is 0 Å². The van der Waals surface area contributed by atoms with Gasteiger partial charge in [-0.15, -0.1) is 0 Å². The molecule has 24 heavy (non-hydrogen) atoms. The molecule has 1 aliphatic rings. The number of nitrogen functional groups attached to an aromatic ring is 1. The van der Waals surface area contributed by atoms with E-state index in [9.17, 15) is 18.3 Å². The van der Waals surface area contributed by atoms with Crippen molar-refractivity contribution in [1.82, 2.24) is 0 Å². The van der Waals surface area contributed by atoms with Gasteiger partial charge in [0.05, 0.1) is 0 Å². The number of nitrogens with two attached hydrogens (primary N) is 1. The maximum atomic E-state index is 14.3. The topological polar surface area (TPSA) is 46.2 Å². The fraction of sp³-hybridized carbons (Fsp3) is 0.158. The first kappa shape index (κ1) is 16.2. The van der Waals surface area contributed by atoms with Crippen LogP contribution in [0.5, 0.6) is 0 Å². The second kappa shape index (κ2) is 6.43. The Morgan fingerprint density at radius 2 is 1.79 bits per heavy atom. The van der Waals surface area contributed by atoms with E-state index < -0.39 is 17.5 Å². The van der Waals surface area contributed by atoms with E-state index in [2.05, 4.69) is 0 Å². The van der Waals surface area contributed by atoms with Gasteiger partial charge >= 0.3 is 0 Å². The molecule has 0 amide bonds. The standard InChI is InChI=1S/C19H16F3NO/c20-12-7-8-13(17(23)9-12)15(10-18(24)11-3-1-4-11)14-5-2-6-16(21)19(14)22/h2,5-10,24H,1,3-4,23H2/b15-10-. The van der Waals surface area contributed by atoms with E-state index >= 15 is 0 Å². The molecule has 3 N–H and O–H groups in total. The molecule has 0 aromatic heterocycles. The highest BCUT2D eigenvalue weighted by Crippen LogP contribution is 2.34. The van der Waals surface area contributed by atoms with Gasteiger partial charge in [0.15, 0.2) is 11.6 Å². The van der Waals surface area contributed by atoms with Crippen molar-refractivity contribution in [3.63, 3.8) is 0 Å². The first-order valence-corrected chi connectivity index (χ1v) is 7.60. The number of hydrogen-bond donors (Lipinski definition) is 2. The van der Waals surface area contributed by atoms with Crippen molar-refractivity contribution in [1.29, 1.82) is 0 Å². The molecule has 2 aromatic rings. The van der Waals surface area contributed by atoms with Crippen LogP contribution in [0.3, 0.4) is 0 Å². The molecule has 1 fully saturated rings. The minimum Gasteiger partial charge on any atom is -0.508 e. The SMILES string of the molecule is Nc1cc(F)ccc1/C(=C/C(O)=C1CCC1)c1cccc(F)c1F. The number of benzene rings is 2. The lowest BCUT2D eigenvalue weighted by molar-refractivity contribution is 0.407. The first-order valence-electron chi connectivity index (χ1n) is 7.60. The zero-order valence-electron chi connectivity index (χ0n) is 12.8. The molecule has 2 aromatic carbocycles. The van der Waals surface area contributed by atoms with E-state index in [1.165, 1.54) is 30.3 Å². The molecule has 2 nitrogen and oxygen atoms in total.